The molecule has 2 aromatic heterocycles. The normalized spacial score (nSPS) is 19.6. The number of rotatable bonds is 1. The zero-order valence-electron chi connectivity index (χ0n) is 14.1. The molecule has 0 saturated carbocycles. The lowest BCUT2D eigenvalue weighted by Gasteiger charge is -2.49. The number of aromatic nitrogens is 2. The van der Waals surface area contributed by atoms with Crippen molar-refractivity contribution in [2.24, 2.45) is 5.41 Å². The maximum Gasteiger partial charge on any atom is 0.434 e. The molecule has 0 aromatic carbocycles. The number of aryl methyl sites for hydroxylation is 1. The number of anilines is 1. The minimum Gasteiger partial charge on any atom is -0.369 e. The monoisotopic (exact) mass is 383 g/mol. The van der Waals surface area contributed by atoms with Gasteiger partial charge in [-0.25, -0.2) is 4.98 Å². The summed E-state index contributed by atoms with van der Waals surface area (Å²) >= 11 is 6.18. The minimum atomic E-state index is -4.72. The van der Waals surface area contributed by atoms with E-state index in [1.807, 2.05) is 4.90 Å². The molecule has 0 radical (unpaired) electrons. The summed E-state index contributed by atoms with van der Waals surface area (Å²) in [4.78, 5) is 8.60. The van der Waals surface area contributed by atoms with Crippen molar-refractivity contribution in [3.8, 4) is 6.07 Å². The van der Waals surface area contributed by atoms with E-state index < -0.39 is 17.4 Å². The van der Waals surface area contributed by atoms with Gasteiger partial charge in [0.05, 0.1) is 16.2 Å². The Morgan fingerprint density at radius 3 is 2.42 bits per heavy atom. The van der Waals surface area contributed by atoms with E-state index in [1.54, 1.807) is 13.0 Å². The van der Waals surface area contributed by atoms with Gasteiger partial charge < -0.3 is 15.2 Å². The summed E-state index contributed by atoms with van der Waals surface area (Å²) in [5, 5.41) is 12.9. The van der Waals surface area contributed by atoms with Gasteiger partial charge in [-0.1, -0.05) is 11.6 Å². The number of halogens is 4. The molecule has 0 amide bonds. The number of piperidine rings is 1. The zero-order chi connectivity index (χ0) is 18.7. The van der Waals surface area contributed by atoms with E-state index >= 15 is 0 Å². The molecule has 26 heavy (non-hydrogen) atoms. The van der Waals surface area contributed by atoms with E-state index in [2.05, 4.69) is 15.3 Å². The van der Waals surface area contributed by atoms with Gasteiger partial charge in [-0.05, 0) is 25.2 Å². The van der Waals surface area contributed by atoms with Gasteiger partial charge in [0, 0.05) is 31.9 Å². The summed E-state index contributed by atoms with van der Waals surface area (Å²) in [6, 6.07) is 1.74. The highest BCUT2D eigenvalue weighted by Crippen LogP contribution is 2.44. The van der Waals surface area contributed by atoms with E-state index in [9.17, 15) is 18.4 Å². The molecular weight excluding hydrogens is 367 g/mol. The summed E-state index contributed by atoms with van der Waals surface area (Å²) in [6.07, 6.45) is -2.97. The van der Waals surface area contributed by atoms with Crippen molar-refractivity contribution in [2.75, 3.05) is 31.1 Å². The molecule has 4 heterocycles. The average molecular weight is 384 g/mol. The Hall–Kier alpha value is -1.98. The third-order valence-corrected chi connectivity index (χ3v) is 6.00. The van der Waals surface area contributed by atoms with Gasteiger partial charge in [0.15, 0.2) is 5.69 Å². The third kappa shape index (κ3) is 2.53. The number of nitrogens with zero attached hydrogens (tertiary/aromatic N) is 3. The maximum atomic E-state index is 13.5. The van der Waals surface area contributed by atoms with Crippen LogP contribution in [0, 0.1) is 23.7 Å². The molecule has 2 aromatic rings. The molecule has 2 N–H and O–H groups in total. The van der Waals surface area contributed by atoms with Crippen LogP contribution in [0.1, 0.15) is 29.8 Å². The highest BCUT2D eigenvalue weighted by Gasteiger charge is 2.43. The Bertz CT molecular complexity index is 913. The number of H-pyrrole nitrogens is 1. The molecule has 0 unspecified atom stereocenters. The van der Waals surface area contributed by atoms with Crippen molar-refractivity contribution < 1.29 is 13.2 Å². The highest BCUT2D eigenvalue weighted by molar-refractivity contribution is 6.36. The van der Waals surface area contributed by atoms with Gasteiger partial charge in [0.25, 0.3) is 0 Å². The van der Waals surface area contributed by atoms with Crippen molar-refractivity contribution >= 4 is 28.3 Å². The maximum absolute atomic E-state index is 13.5. The summed E-state index contributed by atoms with van der Waals surface area (Å²) in [5.41, 5.74) is -0.0984. The first-order valence-corrected chi connectivity index (χ1v) is 8.78. The Balaban J connectivity index is 1.89. The molecule has 4 rings (SSSR count). The van der Waals surface area contributed by atoms with E-state index in [0.29, 0.717) is 24.3 Å². The summed E-state index contributed by atoms with van der Waals surface area (Å²) < 4.78 is 40.6. The zero-order valence-corrected chi connectivity index (χ0v) is 14.9. The van der Waals surface area contributed by atoms with Gasteiger partial charge in [-0.15, -0.1) is 0 Å². The SMILES string of the molecule is Cc1[nH]c2c(N3CCC4(CC3)CNC4)c(C#N)c(C(F)(F)F)nc2c1Cl. The lowest BCUT2D eigenvalue weighted by atomic mass is 9.73. The average Bonchev–Trinajstić information content (AvgIpc) is 2.85. The molecule has 2 aliphatic heterocycles. The van der Waals surface area contributed by atoms with Gasteiger partial charge in [-0.2, -0.15) is 18.4 Å². The Morgan fingerprint density at radius 2 is 1.92 bits per heavy atom. The second-order valence-corrected chi connectivity index (χ2v) is 7.55. The van der Waals surface area contributed by atoms with Crippen LogP contribution in [0.4, 0.5) is 18.9 Å². The third-order valence-electron chi connectivity index (χ3n) is 5.54. The molecule has 0 aliphatic carbocycles. The molecule has 2 aliphatic rings. The molecule has 1 spiro atoms. The van der Waals surface area contributed by atoms with Gasteiger partial charge in [-0.3, -0.25) is 0 Å². The number of alkyl halides is 3. The summed E-state index contributed by atoms with van der Waals surface area (Å²) in [6.45, 7) is 4.77. The Morgan fingerprint density at radius 1 is 1.27 bits per heavy atom. The predicted molar refractivity (Wildman–Crippen MR) is 92.3 cm³/mol. The lowest BCUT2D eigenvalue weighted by Crippen LogP contribution is -2.58. The Labute approximate surface area is 153 Å². The van der Waals surface area contributed by atoms with E-state index in [1.165, 1.54) is 0 Å². The van der Waals surface area contributed by atoms with E-state index in [-0.39, 0.29) is 21.6 Å². The Kier molecular flexibility index (Phi) is 3.86. The van der Waals surface area contributed by atoms with Crippen LogP contribution < -0.4 is 10.2 Å². The molecule has 0 bridgehead atoms. The van der Waals surface area contributed by atoms with Crippen molar-refractivity contribution in [2.45, 2.75) is 25.9 Å². The van der Waals surface area contributed by atoms with Crippen LogP contribution in [0.25, 0.3) is 11.0 Å². The second-order valence-electron chi connectivity index (χ2n) is 7.17. The molecule has 138 valence electrons. The van der Waals surface area contributed by atoms with Crippen LogP contribution in [-0.4, -0.2) is 36.1 Å². The van der Waals surface area contributed by atoms with Crippen molar-refractivity contribution in [3.05, 3.63) is 22.0 Å². The molecule has 2 saturated heterocycles. The number of nitriles is 1. The number of hydrogen-bond donors (Lipinski definition) is 2. The van der Waals surface area contributed by atoms with Crippen LogP contribution in [-0.2, 0) is 6.18 Å². The van der Waals surface area contributed by atoms with Crippen molar-refractivity contribution in [1.29, 1.82) is 5.26 Å². The summed E-state index contributed by atoms with van der Waals surface area (Å²) in [7, 11) is 0. The fourth-order valence-corrected chi connectivity index (χ4v) is 4.12. The lowest BCUT2D eigenvalue weighted by molar-refractivity contribution is -0.141. The fraction of sp³-hybridized carbons (Fsp3) is 0.529. The molecule has 9 heteroatoms. The van der Waals surface area contributed by atoms with E-state index in [4.69, 9.17) is 11.6 Å². The van der Waals surface area contributed by atoms with Crippen molar-refractivity contribution in [3.63, 3.8) is 0 Å². The number of pyridine rings is 1. The molecule has 0 atom stereocenters. The molecule has 2 fully saturated rings. The fourth-order valence-electron chi connectivity index (χ4n) is 3.93. The highest BCUT2D eigenvalue weighted by atomic mass is 35.5. The number of hydrogen-bond acceptors (Lipinski definition) is 4. The second kappa shape index (κ2) is 5.76. The largest absolute Gasteiger partial charge is 0.434 e. The first kappa shape index (κ1) is 17.4. The number of aromatic amines is 1. The molecular formula is C17H17ClF3N5. The van der Waals surface area contributed by atoms with Crippen LogP contribution in [0.2, 0.25) is 5.02 Å². The molecule has 5 nitrogen and oxygen atoms in total. The number of nitrogens with one attached hydrogen (secondary N) is 2. The number of fused-ring (bicyclic) bond motifs is 1. The quantitative estimate of drug-likeness (QED) is 0.789. The van der Waals surface area contributed by atoms with Crippen LogP contribution >= 0.6 is 11.6 Å². The van der Waals surface area contributed by atoms with Crippen LogP contribution in [0.5, 0.6) is 0 Å². The minimum absolute atomic E-state index is 0.0658. The van der Waals surface area contributed by atoms with Gasteiger partial charge in [0.2, 0.25) is 0 Å². The first-order chi connectivity index (χ1) is 12.3. The smallest absolute Gasteiger partial charge is 0.369 e. The van der Waals surface area contributed by atoms with Gasteiger partial charge >= 0.3 is 6.18 Å². The van der Waals surface area contributed by atoms with E-state index in [0.717, 1.165) is 25.9 Å². The van der Waals surface area contributed by atoms with Crippen LogP contribution in [0.3, 0.4) is 0 Å². The first-order valence-electron chi connectivity index (χ1n) is 8.40. The van der Waals surface area contributed by atoms with Crippen LogP contribution in [0.15, 0.2) is 0 Å². The van der Waals surface area contributed by atoms with Gasteiger partial charge in [0.1, 0.15) is 17.1 Å². The summed E-state index contributed by atoms with van der Waals surface area (Å²) in [5.74, 6) is 0. The predicted octanol–water partition coefficient (Wildman–Crippen LogP) is 3.61. The standard InChI is InChI=1S/C17H17ClF3N5/c1-9-11(18)12-13(24-9)14(10(6-22)15(25-12)17(19,20)21)26-4-2-16(3-5-26)7-23-8-16/h23-24H,2-5,7-8H2,1H3. The topological polar surface area (TPSA) is 67.7 Å². The van der Waals surface area contributed by atoms with Crippen molar-refractivity contribution in [1.82, 2.24) is 15.3 Å².